The minimum absolute atomic E-state index is 0.00373. The van der Waals surface area contributed by atoms with E-state index < -0.39 is 0 Å². The molecule has 1 amide bonds. The highest BCUT2D eigenvalue weighted by Gasteiger charge is 2.40. The zero-order valence-corrected chi connectivity index (χ0v) is 12.0. The van der Waals surface area contributed by atoms with Crippen molar-refractivity contribution in [3.8, 4) is 0 Å². The number of carbonyl (C=O) groups excluding carboxylic acids is 1. The number of aliphatic hydroxyl groups excluding tert-OH is 1. The fraction of sp³-hybridized carbons (Fsp3) is 0.714. The fourth-order valence-electron chi connectivity index (χ4n) is 2.96. The van der Waals surface area contributed by atoms with Gasteiger partial charge in [0.05, 0.1) is 17.8 Å². The van der Waals surface area contributed by atoms with Crippen LogP contribution in [0.1, 0.15) is 60.3 Å². The third-order valence-corrected chi connectivity index (χ3v) is 5.35. The summed E-state index contributed by atoms with van der Waals surface area (Å²) in [5.41, 5.74) is 2.58. The number of hydrogen-bond acceptors (Lipinski definition) is 4. The standard InChI is InChI=1S/C14H20N2O2S/c1-14(7-17)6-2-3-10(14)16-13(18)12-11(9-4-5-9)15-8-19-12/h8-10,17H,2-7H2,1H3,(H,16,18). The molecule has 3 rings (SSSR count). The Balaban J connectivity index is 1.72. The van der Waals surface area contributed by atoms with Gasteiger partial charge in [0.2, 0.25) is 0 Å². The quantitative estimate of drug-likeness (QED) is 0.889. The van der Waals surface area contributed by atoms with Crippen LogP contribution in [-0.4, -0.2) is 28.6 Å². The number of nitrogens with zero attached hydrogens (tertiary/aromatic N) is 1. The minimum atomic E-state index is -0.167. The van der Waals surface area contributed by atoms with E-state index in [0.717, 1.165) is 42.7 Å². The average molecular weight is 280 g/mol. The number of hydrogen-bond donors (Lipinski definition) is 2. The second kappa shape index (κ2) is 4.87. The van der Waals surface area contributed by atoms with E-state index in [0.29, 0.717) is 5.92 Å². The van der Waals surface area contributed by atoms with E-state index in [-0.39, 0.29) is 24.0 Å². The summed E-state index contributed by atoms with van der Waals surface area (Å²) in [5, 5.41) is 12.6. The molecule has 2 aliphatic carbocycles. The van der Waals surface area contributed by atoms with Crippen LogP contribution in [0, 0.1) is 5.41 Å². The Bertz CT molecular complexity index is 484. The highest BCUT2D eigenvalue weighted by Crippen LogP contribution is 2.42. The first-order valence-electron chi connectivity index (χ1n) is 6.99. The van der Waals surface area contributed by atoms with Crippen molar-refractivity contribution in [2.45, 2.75) is 51.0 Å². The summed E-state index contributed by atoms with van der Waals surface area (Å²) in [4.78, 5) is 17.5. The van der Waals surface area contributed by atoms with Gasteiger partial charge >= 0.3 is 0 Å². The van der Waals surface area contributed by atoms with Gasteiger partial charge < -0.3 is 10.4 Å². The minimum Gasteiger partial charge on any atom is -0.396 e. The number of aliphatic hydroxyl groups is 1. The molecule has 2 fully saturated rings. The van der Waals surface area contributed by atoms with Crippen LogP contribution in [0.5, 0.6) is 0 Å². The van der Waals surface area contributed by atoms with Gasteiger partial charge in [-0.1, -0.05) is 13.3 Å². The van der Waals surface area contributed by atoms with Crippen molar-refractivity contribution in [3.63, 3.8) is 0 Å². The number of amides is 1. The van der Waals surface area contributed by atoms with Crippen molar-refractivity contribution in [1.29, 1.82) is 0 Å². The maximum atomic E-state index is 12.4. The molecule has 2 unspecified atom stereocenters. The SMILES string of the molecule is CC1(CO)CCCC1NC(=O)c1scnc1C1CC1. The topological polar surface area (TPSA) is 62.2 Å². The van der Waals surface area contributed by atoms with Crippen molar-refractivity contribution in [2.24, 2.45) is 5.41 Å². The van der Waals surface area contributed by atoms with Gasteiger partial charge in [0.15, 0.2) is 0 Å². The molecule has 19 heavy (non-hydrogen) atoms. The molecule has 4 nitrogen and oxygen atoms in total. The molecule has 0 aliphatic heterocycles. The molecule has 0 spiro atoms. The van der Waals surface area contributed by atoms with E-state index in [2.05, 4.69) is 17.2 Å². The highest BCUT2D eigenvalue weighted by molar-refractivity contribution is 7.11. The highest BCUT2D eigenvalue weighted by atomic mass is 32.1. The molecule has 2 N–H and O–H groups in total. The predicted molar refractivity (Wildman–Crippen MR) is 74.4 cm³/mol. The Hall–Kier alpha value is -0.940. The first-order chi connectivity index (χ1) is 9.14. The van der Waals surface area contributed by atoms with Crippen molar-refractivity contribution < 1.29 is 9.90 Å². The molecule has 0 bridgehead atoms. The van der Waals surface area contributed by atoms with E-state index in [4.69, 9.17) is 0 Å². The lowest BCUT2D eigenvalue weighted by Gasteiger charge is -2.30. The average Bonchev–Trinajstić information content (AvgIpc) is 3.02. The Morgan fingerprint density at radius 1 is 1.58 bits per heavy atom. The molecule has 0 radical (unpaired) electrons. The number of nitrogens with one attached hydrogen (secondary N) is 1. The third kappa shape index (κ3) is 2.41. The van der Waals surface area contributed by atoms with Gasteiger partial charge in [-0.05, 0) is 25.7 Å². The lowest BCUT2D eigenvalue weighted by molar-refractivity contribution is 0.0833. The van der Waals surface area contributed by atoms with E-state index >= 15 is 0 Å². The molecule has 5 heteroatoms. The normalized spacial score (nSPS) is 30.5. The van der Waals surface area contributed by atoms with Crippen molar-refractivity contribution in [2.75, 3.05) is 6.61 Å². The number of thiazole rings is 1. The van der Waals surface area contributed by atoms with Crippen LogP contribution in [-0.2, 0) is 0 Å². The molecule has 1 aromatic heterocycles. The van der Waals surface area contributed by atoms with Crippen molar-refractivity contribution in [3.05, 3.63) is 16.1 Å². The molecular weight excluding hydrogens is 260 g/mol. The van der Waals surface area contributed by atoms with Gasteiger partial charge in [-0.15, -0.1) is 11.3 Å². The Morgan fingerprint density at radius 2 is 2.37 bits per heavy atom. The Morgan fingerprint density at radius 3 is 3.05 bits per heavy atom. The van der Waals surface area contributed by atoms with Gasteiger partial charge in [0, 0.05) is 17.4 Å². The maximum absolute atomic E-state index is 12.4. The van der Waals surface area contributed by atoms with Gasteiger partial charge in [-0.25, -0.2) is 4.98 Å². The van der Waals surface area contributed by atoms with E-state index in [9.17, 15) is 9.90 Å². The zero-order valence-electron chi connectivity index (χ0n) is 11.2. The molecule has 104 valence electrons. The molecule has 2 aliphatic rings. The van der Waals surface area contributed by atoms with Crippen LogP contribution in [0.4, 0.5) is 0 Å². The van der Waals surface area contributed by atoms with Gasteiger partial charge in [-0.2, -0.15) is 0 Å². The van der Waals surface area contributed by atoms with Crippen molar-refractivity contribution in [1.82, 2.24) is 10.3 Å². The fourth-order valence-corrected chi connectivity index (χ4v) is 3.74. The summed E-state index contributed by atoms with van der Waals surface area (Å²) in [5.74, 6) is 0.496. The first kappa shape index (κ1) is 13.1. The summed E-state index contributed by atoms with van der Waals surface area (Å²) in [6.07, 6.45) is 5.32. The zero-order chi connectivity index (χ0) is 13.5. The molecule has 0 aromatic carbocycles. The smallest absolute Gasteiger partial charge is 0.263 e. The molecule has 1 heterocycles. The van der Waals surface area contributed by atoms with Crippen LogP contribution in [0.3, 0.4) is 0 Å². The Kier molecular flexibility index (Phi) is 3.35. The molecule has 2 saturated carbocycles. The predicted octanol–water partition coefficient (Wildman–Crippen LogP) is 2.30. The van der Waals surface area contributed by atoms with Crippen LogP contribution in [0.15, 0.2) is 5.51 Å². The lowest BCUT2D eigenvalue weighted by Crippen LogP contribution is -2.44. The molecule has 1 aromatic rings. The maximum Gasteiger partial charge on any atom is 0.263 e. The second-order valence-corrected chi connectivity index (χ2v) is 6.93. The molecule has 2 atom stereocenters. The summed E-state index contributed by atoms with van der Waals surface area (Å²) in [7, 11) is 0. The van der Waals surface area contributed by atoms with Gasteiger partial charge in [0.25, 0.3) is 5.91 Å². The van der Waals surface area contributed by atoms with E-state index in [1.165, 1.54) is 11.3 Å². The van der Waals surface area contributed by atoms with E-state index in [1.54, 1.807) is 5.51 Å². The largest absolute Gasteiger partial charge is 0.396 e. The number of rotatable bonds is 4. The number of aromatic nitrogens is 1. The van der Waals surface area contributed by atoms with Crippen LogP contribution in [0.25, 0.3) is 0 Å². The monoisotopic (exact) mass is 280 g/mol. The van der Waals surface area contributed by atoms with E-state index in [1.807, 2.05) is 0 Å². The van der Waals surface area contributed by atoms with Gasteiger partial charge in [0.1, 0.15) is 4.88 Å². The Labute approximate surface area is 117 Å². The van der Waals surface area contributed by atoms with Crippen LogP contribution in [0.2, 0.25) is 0 Å². The van der Waals surface area contributed by atoms with Crippen LogP contribution >= 0.6 is 11.3 Å². The van der Waals surface area contributed by atoms with Crippen molar-refractivity contribution >= 4 is 17.2 Å². The third-order valence-electron chi connectivity index (χ3n) is 4.51. The molecule has 0 saturated heterocycles. The summed E-state index contributed by atoms with van der Waals surface area (Å²) < 4.78 is 0. The first-order valence-corrected chi connectivity index (χ1v) is 7.87. The number of carbonyl (C=O) groups is 1. The summed E-state index contributed by atoms with van der Waals surface area (Å²) in [6.45, 7) is 2.19. The second-order valence-electron chi connectivity index (χ2n) is 6.07. The summed E-state index contributed by atoms with van der Waals surface area (Å²) >= 11 is 1.43. The summed E-state index contributed by atoms with van der Waals surface area (Å²) in [6, 6.07) is 0.0825. The van der Waals surface area contributed by atoms with Crippen LogP contribution < -0.4 is 5.32 Å². The molecular formula is C14H20N2O2S. The van der Waals surface area contributed by atoms with Gasteiger partial charge in [-0.3, -0.25) is 4.79 Å². The lowest BCUT2D eigenvalue weighted by atomic mass is 9.86.